The topological polar surface area (TPSA) is 53.3 Å². The molecule has 0 spiro atoms. The maximum absolute atomic E-state index is 12.0. The Labute approximate surface area is 83.4 Å². The van der Waals surface area contributed by atoms with Crippen LogP contribution in [0.5, 0.6) is 0 Å². The third-order valence-corrected chi connectivity index (χ3v) is 3.00. The molecule has 0 bridgehead atoms. The van der Waals surface area contributed by atoms with Crippen LogP contribution in [-0.2, 0) is 9.53 Å². The lowest BCUT2D eigenvalue weighted by molar-refractivity contribution is -0.142. The van der Waals surface area contributed by atoms with Crippen LogP contribution in [0.2, 0.25) is 0 Å². The normalized spacial score (nSPS) is 29.4. The van der Waals surface area contributed by atoms with Crippen molar-refractivity contribution in [3.05, 3.63) is 0 Å². The van der Waals surface area contributed by atoms with Crippen molar-refractivity contribution in [1.29, 1.82) is 5.26 Å². The molecule has 0 N–H and O–H groups in total. The van der Waals surface area contributed by atoms with Crippen molar-refractivity contribution in [3.8, 4) is 6.07 Å². The number of hydrogen-bond donors (Lipinski definition) is 0. The molecule has 1 heterocycles. The van der Waals surface area contributed by atoms with E-state index in [4.69, 9.17) is 10.00 Å². The zero-order chi connectivity index (χ0) is 10.2. The first-order valence-electron chi connectivity index (χ1n) is 5.00. The van der Waals surface area contributed by atoms with Crippen molar-refractivity contribution in [2.45, 2.75) is 25.8 Å². The number of carbonyl (C=O) groups is 1. The van der Waals surface area contributed by atoms with Crippen molar-refractivity contribution < 1.29 is 9.53 Å². The summed E-state index contributed by atoms with van der Waals surface area (Å²) < 4.78 is 5.25. The highest BCUT2D eigenvalue weighted by atomic mass is 16.5. The number of carbonyl (C=O) groups excluding carboxylic acids is 1. The minimum absolute atomic E-state index is 0.0100. The molecule has 0 aromatic carbocycles. The van der Waals surface area contributed by atoms with Crippen molar-refractivity contribution in [1.82, 2.24) is 4.90 Å². The zero-order valence-corrected chi connectivity index (χ0v) is 8.32. The number of ether oxygens (including phenoxy) is 1. The SMILES string of the molecule is CC1COCCN1C(=O)C1(C#N)CC1. The van der Waals surface area contributed by atoms with E-state index in [1.165, 1.54) is 0 Å². The molecule has 1 unspecified atom stereocenters. The Morgan fingerprint density at radius 3 is 2.86 bits per heavy atom. The summed E-state index contributed by atoms with van der Waals surface area (Å²) in [6, 6.07) is 2.25. The number of hydrogen-bond acceptors (Lipinski definition) is 3. The van der Waals surface area contributed by atoms with Crippen molar-refractivity contribution in [2.24, 2.45) is 5.41 Å². The summed E-state index contributed by atoms with van der Waals surface area (Å²) in [7, 11) is 0. The number of amides is 1. The minimum atomic E-state index is -0.675. The molecule has 1 saturated heterocycles. The maximum atomic E-state index is 12.0. The van der Waals surface area contributed by atoms with E-state index in [1.807, 2.05) is 6.92 Å². The smallest absolute Gasteiger partial charge is 0.243 e. The molecule has 14 heavy (non-hydrogen) atoms. The van der Waals surface area contributed by atoms with Gasteiger partial charge in [0.2, 0.25) is 5.91 Å². The highest BCUT2D eigenvalue weighted by molar-refractivity contribution is 5.88. The van der Waals surface area contributed by atoms with Gasteiger partial charge in [0, 0.05) is 6.54 Å². The lowest BCUT2D eigenvalue weighted by Gasteiger charge is -2.34. The van der Waals surface area contributed by atoms with Crippen LogP contribution in [0, 0.1) is 16.7 Å². The van der Waals surface area contributed by atoms with E-state index in [2.05, 4.69) is 6.07 Å². The van der Waals surface area contributed by atoms with E-state index in [9.17, 15) is 4.79 Å². The van der Waals surface area contributed by atoms with Crippen molar-refractivity contribution >= 4 is 5.91 Å². The van der Waals surface area contributed by atoms with Gasteiger partial charge in [0.15, 0.2) is 0 Å². The molecule has 0 aromatic rings. The summed E-state index contributed by atoms with van der Waals surface area (Å²) in [4.78, 5) is 13.8. The maximum Gasteiger partial charge on any atom is 0.243 e. The van der Waals surface area contributed by atoms with Crippen LogP contribution in [0.3, 0.4) is 0 Å². The summed E-state index contributed by atoms with van der Waals surface area (Å²) in [5, 5.41) is 8.92. The molecule has 4 heteroatoms. The fraction of sp³-hybridized carbons (Fsp3) is 0.800. The number of morpholine rings is 1. The third-order valence-electron chi connectivity index (χ3n) is 3.00. The van der Waals surface area contributed by atoms with Gasteiger partial charge in [0.1, 0.15) is 5.41 Å². The van der Waals surface area contributed by atoms with Crippen molar-refractivity contribution in [3.63, 3.8) is 0 Å². The van der Waals surface area contributed by atoms with E-state index in [-0.39, 0.29) is 11.9 Å². The Bertz CT molecular complexity index is 291. The summed E-state index contributed by atoms with van der Waals surface area (Å²) >= 11 is 0. The Kier molecular flexibility index (Phi) is 2.20. The van der Waals surface area contributed by atoms with Gasteiger partial charge in [-0.15, -0.1) is 0 Å². The van der Waals surface area contributed by atoms with Gasteiger partial charge in [-0.2, -0.15) is 5.26 Å². The first-order valence-corrected chi connectivity index (χ1v) is 5.00. The fourth-order valence-corrected chi connectivity index (χ4v) is 1.80. The largest absolute Gasteiger partial charge is 0.377 e. The van der Waals surface area contributed by atoms with Gasteiger partial charge in [-0.05, 0) is 19.8 Å². The standard InChI is InChI=1S/C10H14N2O2/c1-8-6-14-5-4-12(8)9(13)10(7-11)2-3-10/h8H,2-6H2,1H3. The van der Waals surface area contributed by atoms with Gasteiger partial charge in [0.25, 0.3) is 0 Å². The first kappa shape index (κ1) is 9.47. The molecule has 0 radical (unpaired) electrons. The Balaban J connectivity index is 2.07. The number of nitrogens with zero attached hydrogens (tertiary/aromatic N) is 2. The second kappa shape index (κ2) is 3.25. The molecule has 1 aliphatic heterocycles. The highest BCUT2D eigenvalue weighted by Gasteiger charge is 2.53. The number of rotatable bonds is 1. The van der Waals surface area contributed by atoms with Crippen LogP contribution >= 0.6 is 0 Å². The molecule has 1 aliphatic carbocycles. The molecular formula is C10H14N2O2. The molecule has 1 saturated carbocycles. The van der Waals surface area contributed by atoms with Gasteiger partial charge >= 0.3 is 0 Å². The Morgan fingerprint density at radius 2 is 2.36 bits per heavy atom. The molecular weight excluding hydrogens is 180 g/mol. The average molecular weight is 194 g/mol. The minimum Gasteiger partial charge on any atom is -0.377 e. The van der Waals surface area contributed by atoms with Crippen LogP contribution in [0.15, 0.2) is 0 Å². The second-order valence-electron chi connectivity index (χ2n) is 4.12. The molecule has 76 valence electrons. The van der Waals surface area contributed by atoms with E-state index in [0.29, 0.717) is 19.8 Å². The predicted molar refractivity (Wildman–Crippen MR) is 49.3 cm³/mol. The van der Waals surface area contributed by atoms with Gasteiger partial charge in [-0.1, -0.05) is 0 Å². The fourth-order valence-electron chi connectivity index (χ4n) is 1.80. The average Bonchev–Trinajstić information content (AvgIpc) is 2.98. The zero-order valence-electron chi connectivity index (χ0n) is 8.32. The van der Waals surface area contributed by atoms with E-state index in [0.717, 1.165) is 12.8 Å². The Hall–Kier alpha value is -1.08. The van der Waals surface area contributed by atoms with E-state index in [1.54, 1.807) is 4.90 Å². The van der Waals surface area contributed by atoms with Gasteiger partial charge in [-0.25, -0.2) is 0 Å². The molecule has 0 aromatic heterocycles. The van der Waals surface area contributed by atoms with Gasteiger partial charge < -0.3 is 9.64 Å². The quantitative estimate of drug-likeness (QED) is 0.612. The summed E-state index contributed by atoms with van der Waals surface area (Å²) in [5.74, 6) is 0.0100. The third kappa shape index (κ3) is 1.38. The molecule has 2 aliphatic rings. The van der Waals surface area contributed by atoms with Crippen LogP contribution in [0.25, 0.3) is 0 Å². The summed E-state index contributed by atoms with van der Waals surface area (Å²) in [5.41, 5.74) is -0.675. The molecule has 1 atom stereocenters. The van der Waals surface area contributed by atoms with Gasteiger partial charge in [-0.3, -0.25) is 4.79 Å². The monoisotopic (exact) mass is 194 g/mol. The van der Waals surface area contributed by atoms with E-state index >= 15 is 0 Å². The van der Waals surface area contributed by atoms with Crippen LogP contribution in [0.1, 0.15) is 19.8 Å². The number of nitriles is 1. The van der Waals surface area contributed by atoms with Crippen molar-refractivity contribution in [2.75, 3.05) is 19.8 Å². The predicted octanol–water partition coefficient (Wildman–Crippen LogP) is 0.537. The lowest BCUT2D eigenvalue weighted by atomic mass is 10.1. The highest BCUT2D eigenvalue weighted by Crippen LogP contribution is 2.46. The molecule has 2 fully saturated rings. The Morgan fingerprint density at radius 1 is 1.64 bits per heavy atom. The van der Waals surface area contributed by atoms with Crippen LogP contribution in [-0.4, -0.2) is 36.6 Å². The second-order valence-corrected chi connectivity index (χ2v) is 4.12. The van der Waals surface area contributed by atoms with Crippen LogP contribution < -0.4 is 0 Å². The summed E-state index contributed by atoms with van der Waals surface area (Å²) in [6.07, 6.45) is 1.46. The lowest BCUT2D eigenvalue weighted by Crippen LogP contribution is -2.49. The molecule has 4 nitrogen and oxygen atoms in total. The molecule has 1 amide bonds. The summed E-state index contributed by atoms with van der Waals surface area (Å²) in [6.45, 7) is 3.78. The van der Waals surface area contributed by atoms with Crippen LogP contribution in [0.4, 0.5) is 0 Å². The van der Waals surface area contributed by atoms with Gasteiger partial charge in [0.05, 0.1) is 25.3 Å². The van der Waals surface area contributed by atoms with E-state index < -0.39 is 5.41 Å². The first-order chi connectivity index (χ1) is 6.69. The molecule has 2 rings (SSSR count).